The monoisotopic (exact) mass is 199 g/mol. The zero-order valence-electron chi connectivity index (χ0n) is 8.84. The molecule has 3 nitrogen and oxygen atoms in total. The van der Waals surface area contributed by atoms with Crippen LogP contribution in [0.25, 0.3) is 0 Å². The molecule has 0 bridgehead atoms. The van der Waals surface area contributed by atoms with Gasteiger partial charge in [-0.05, 0) is 38.6 Å². The maximum Gasteiger partial charge on any atom is 0.0830 e. The van der Waals surface area contributed by atoms with Gasteiger partial charge in [-0.2, -0.15) is 0 Å². The molecule has 1 aliphatic carbocycles. The highest BCUT2D eigenvalue weighted by Gasteiger charge is 2.19. The van der Waals surface area contributed by atoms with Crippen LogP contribution in [0.5, 0.6) is 0 Å². The van der Waals surface area contributed by atoms with Crippen molar-refractivity contribution in [3.8, 4) is 0 Å². The van der Waals surface area contributed by atoms with Crippen molar-refractivity contribution in [2.75, 3.05) is 26.4 Å². The van der Waals surface area contributed by atoms with Crippen LogP contribution in [0.3, 0.4) is 0 Å². The highest BCUT2D eigenvalue weighted by molar-refractivity contribution is 4.80. The van der Waals surface area contributed by atoms with Gasteiger partial charge in [-0.15, -0.1) is 0 Å². The number of ether oxygens (including phenoxy) is 2. The van der Waals surface area contributed by atoms with E-state index in [0.29, 0.717) is 6.10 Å². The summed E-state index contributed by atoms with van der Waals surface area (Å²) >= 11 is 0. The quantitative estimate of drug-likeness (QED) is 0.627. The second kappa shape index (κ2) is 5.69. The van der Waals surface area contributed by atoms with Crippen LogP contribution in [0.15, 0.2) is 0 Å². The molecule has 0 radical (unpaired) electrons. The van der Waals surface area contributed by atoms with Crippen molar-refractivity contribution in [3.05, 3.63) is 0 Å². The predicted molar refractivity (Wildman–Crippen MR) is 55.4 cm³/mol. The number of hydrogen-bond donors (Lipinski definition) is 1. The van der Waals surface area contributed by atoms with Gasteiger partial charge in [0.05, 0.1) is 12.7 Å². The van der Waals surface area contributed by atoms with Crippen LogP contribution in [0.1, 0.15) is 32.1 Å². The minimum Gasteiger partial charge on any atom is -0.379 e. The molecule has 1 unspecified atom stereocenters. The first kappa shape index (κ1) is 10.4. The summed E-state index contributed by atoms with van der Waals surface area (Å²) in [5, 5.41) is 3.50. The minimum atomic E-state index is 0.381. The van der Waals surface area contributed by atoms with E-state index in [1.807, 2.05) is 0 Å². The first-order valence-electron chi connectivity index (χ1n) is 5.88. The molecule has 1 saturated heterocycles. The second-order valence-corrected chi connectivity index (χ2v) is 4.29. The molecule has 0 amide bonds. The van der Waals surface area contributed by atoms with E-state index in [-0.39, 0.29) is 0 Å². The largest absolute Gasteiger partial charge is 0.379 e. The topological polar surface area (TPSA) is 30.5 Å². The fourth-order valence-corrected chi connectivity index (χ4v) is 1.72. The van der Waals surface area contributed by atoms with Crippen molar-refractivity contribution >= 4 is 0 Å². The minimum absolute atomic E-state index is 0.381. The Labute approximate surface area is 86.2 Å². The van der Waals surface area contributed by atoms with Crippen LogP contribution in [-0.2, 0) is 9.47 Å². The standard InChI is InChI=1S/C11H21NO2/c1(6-12-10-3-4-10)2-7-14-11-5-8-13-9-11/h10-12H,1-9H2. The van der Waals surface area contributed by atoms with E-state index in [1.54, 1.807) is 0 Å². The zero-order valence-corrected chi connectivity index (χ0v) is 8.84. The second-order valence-electron chi connectivity index (χ2n) is 4.29. The molecule has 2 fully saturated rings. The highest BCUT2D eigenvalue weighted by atomic mass is 16.5. The Morgan fingerprint density at radius 1 is 1.21 bits per heavy atom. The van der Waals surface area contributed by atoms with Gasteiger partial charge in [-0.1, -0.05) is 0 Å². The van der Waals surface area contributed by atoms with Gasteiger partial charge in [0.1, 0.15) is 0 Å². The summed E-state index contributed by atoms with van der Waals surface area (Å²) in [6.45, 7) is 3.75. The highest BCUT2D eigenvalue weighted by Crippen LogP contribution is 2.18. The average molecular weight is 199 g/mol. The van der Waals surface area contributed by atoms with Gasteiger partial charge in [-0.25, -0.2) is 0 Å². The van der Waals surface area contributed by atoms with Crippen LogP contribution in [0.2, 0.25) is 0 Å². The van der Waals surface area contributed by atoms with Crippen molar-refractivity contribution < 1.29 is 9.47 Å². The molecule has 0 spiro atoms. The van der Waals surface area contributed by atoms with E-state index in [0.717, 1.165) is 38.8 Å². The molecule has 2 rings (SSSR count). The van der Waals surface area contributed by atoms with Crippen molar-refractivity contribution in [2.45, 2.75) is 44.2 Å². The van der Waals surface area contributed by atoms with Gasteiger partial charge in [0.15, 0.2) is 0 Å². The van der Waals surface area contributed by atoms with Crippen molar-refractivity contribution in [2.24, 2.45) is 0 Å². The average Bonchev–Trinajstić information content (AvgIpc) is 2.87. The van der Waals surface area contributed by atoms with E-state index in [9.17, 15) is 0 Å². The summed E-state index contributed by atoms with van der Waals surface area (Å²) in [5.41, 5.74) is 0. The first-order valence-corrected chi connectivity index (χ1v) is 5.88. The lowest BCUT2D eigenvalue weighted by Gasteiger charge is -2.09. The van der Waals surface area contributed by atoms with Gasteiger partial charge in [-0.3, -0.25) is 0 Å². The maximum absolute atomic E-state index is 5.67. The van der Waals surface area contributed by atoms with Crippen molar-refractivity contribution in [1.29, 1.82) is 0 Å². The van der Waals surface area contributed by atoms with E-state index >= 15 is 0 Å². The summed E-state index contributed by atoms with van der Waals surface area (Å²) in [6, 6.07) is 0.846. The van der Waals surface area contributed by atoms with E-state index in [4.69, 9.17) is 9.47 Å². The van der Waals surface area contributed by atoms with Crippen LogP contribution in [0.4, 0.5) is 0 Å². The number of nitrogens with one attached hydrogen (secondary N) is 1. The van der Waals surface area contributed by atoms with E-state index < -0.39 is 0 Å². The van der Waals surface area contributed by atoms with Gasteiger partial charge in [0.2, 0.25) is 0 Å². The fourth-order valence-electron chi connectivity index (χ4n) is 1.72. The molecule has 82 valence electrons. The molecule has 1 saturated carbocycles. The van der Waals surface area contributed by atoms with Gasteiger partial charge in [0.25, 0.3) is 0 Å². The van der Waals surface area contributed by atoms with Crippen LogP contribution < -0.4 is 5.32 Å². The van der Waals surface area contributed by atoms with E-state index in [2.05, 4.69) is 5.32 Å². The predicted octanol–water partition coefficient (Wildman–Crippen LogP) is 1.32. The fraction of sp³-hybridized carbons (Fsp3) is 1.00. The van der Waals surface area contributed by atoms with E-state index in [1.165, 1.54) is 25.7 Å². The summed E-state index contributed by atoms with van der Waals surface area (Å²) in [7, 11) is 0. The van der Waals surface area contributed by atoms with Gasteiger partial charge in [0, 0.05) is 19.3 Å². The molecule has 0 aromatic carbocycles. The molecule has 0 aromatic rings. The number of unbranched alkanes of at least 4 members (excludes halogenated alkanes) is 1. The normalized spacial score (nSPS) is 27.0. The Bertz CT molecular complexity index is 153. The summed E-state index contributed by atoms with van der Waals surface area (Å²) in [5.74, 6) is 0. The Hall–Kier alpha value is -0.120. The lowest BCUT2D eigenvalue weighted by molar-refractivity contribution is 0.0408. The molecule has 14 heavy (non-hydrogen) atoms. The van der Waals surface area contributed by atoms with Crippen LogP contribution >= 0.6 is 0 Å². The molecule has 1 atom stereocenters. The first-order chi connectivity index (χ1) is 6.95. The SMILES string of the molecule is C(CCOC1CCOC1)CNC1CC1. The third-order valence-electron chi connectivity index (χ3n) is 2.82. The Balaban J connectivity index is 1.35. The van der Waals surface area contributed by atoms with Gasteiger partial charge >= 0.3 is 0 Å². The Morgan fingerprint density at radius 2 is 2.14 bits per heavy atom. The smallest absolute Gasteiger partial charge is 0.0830 e. The summed E-state index contributed by atoms with van der Waals surface area (Å²) in [4.78, 5) is 0. The lowest BCUT2D eigenvalue weighted by atomic mass is 10.3. The van der Waals surface area contributed by atoms with Crippen molar-refractivity contribution in [1.82, 2.24) is 5.32 Å². The Kier molecular flexibility index (Phi) is 4.22. The molecular formula is C11H21NO2. The summed E-state index contributed by atoms with van der Waals surface area (Å²) in [6.07, 6.45) is 6.65. The summed E-state index contributed by atoms with van der Waals surface area (Å²) < 4.78 is 10.9. The molecular weight excluding hydrogens is 178 g/mol. The third kappa shape index (κ3) is 3.95. The van der Waals surface area contributed by atoms with Crippen LogP contribution in [-0.4, -0.2) is 38.5 Å². The molecule has 1 heterocycles. The Morgan fingerprint density at radius 3 is 2.86 bits per heavy atom. The zero-order chi connectivity index (χ0) is 9.64. The molecule has 3 heteroatoms. The number of rotatable bonds is 7. The molecule has 1 N–H and O–H groups in total. The molecule has 0 aromatic heterocycles. The molecule has 2 aliphatic rings. The number of hydrogen-bond acceptors (Lipinski definition) is 3. The van der Waals surface area contributed by atoms with Gasteiger partial charge < -0.3 is 14.8 Å². The lowest BCUT2D eigenvalue weighted by Crippen LogP contribution is -2.18. The third-order valence-corrected chi connectivity index (χ3v) is 2.82. The maximum atomic E-state index is 5.67. The molecule has 1 aliphatic heterocycles. The van der Waals surface area contributed by atoms with Crippen molar-refractivity contribution in [3.63, 3.8) is 0 Å². The van der Waals surface area contributed by atoms with Crippen LogP contribution in [0, 0.1) is 0 Å².